The van der Waals surface area contributed by atoms with Crippen molar-refractivity contribution in [3.05, 3.63) is 59.1 Å². The number of nitrogens with two attached hydrogens (primary N) is 1. The number of allylic oxidation sites excluding steroid dienone is 2. The molecular weight excluding hydrogens is 598 g/mol. The van der Waals surface area contributed by atoms with Crippen LogP contribution in [0.1, 0.15) is 51.5 Å². The van der Waals surface area contributed by atoms with Gasteiger partial charge in [0.2, 0.25) is 0 Å². The van der Waals surface area contributed by atoms with Gasteiger partial charge in [-0.1, -0.05) is 33.8 Å². The molecule has 0 spiro atoms. The molecule has 0 heterocycles. The van der Waals surface area contributed by atoms with E-state index in [1.807, 2.05) is 20.8 Å². The second-order valence-electron chi connectivity index (χ2n) is 4.68. The molecule has 0 fully saturated rings. The van der Waals surface area contributed by atoms with Crippen LogP contribution >= 0.6 is 24.4 Å². The number of benzene rings is 1. The van der Waals surface area contributed by atoms with Crippen molar-refractivity contribution in [3.8, 4) is 0 Å². The van der Waals surface area contributed by atoms with E-state index in [-0.39, 0.29) is 0 Å². The van der Waals surface area contributed by atoms with Gasteiger partial charge in [-0.2, -0.15) is 18.2 Å². The Morgan fingerprint density at radius 3 is 2.54 bits per heavy atom. The molecule has 1 aromatic rings. The third-order valence-electron chi connectivity index (χ3n) is 3.13. The number of rotatable bonds is 6. The summed E-state index contributed by atoms with van der Waals surface area (Å²) in [7, 11) is 0. The average molecular weight is 623 g/mol. The van der Waals surface area contributed by atoms with Crippen LogP contribution in [-0.2, 0) is 0 Å². The number of halogens is 2. The molecule has 0 aromatic heterocycles. The summed E-state index contributed by atoms with van der Waals surface area (Å²) in [5.41, 5.74) is 8.78. The Labute approximate surface area is 149 Å². The Morgan fingerprint density at radius 1 is 1.50 bits per heavy atom. The maximum atomic E-state index is 13.9. The van der Waals surface area contributed by atoms with E-state index < -0.39 is 11.2 Å². The summed E-state index contributed by atoms with van der Waals surface area (Å²) in [5, 5.41) is -0.760. The summed E-state index contributed by atoms with van der Waals surface area (Å²) in [6.45, 7) is 11.7. The van der Waals surface area contributed by atoms with Gasteiger partial charge < -0.3 is 5.73 Å². The Kier molecular flexibility index (Phi) is 12.2. The fourth-order valence-electron chi connectivity index (χ4n) is 1.98. The molecule has 130 valence electrons. The molecule has 2 N–H and O–H groups in total. The number of thiol groups is 1. The molecule has 6 heteroatoms. The average Bonchev–Trinajstić information content (AvgIpc) is 2.57. The van der Waals surface area contributed by atoms with Gasteiger partial charge in [-0.25, -0.2) is 4.40 Å². The van der Waals surface area contributed by atoms with Gasteiger partial charge in [0.05, 0.1) is 11.1 Å². The van der Waals surface area contributed by atoms with Gasteiger partial charge in [-0.3, -0.25) is 4.39 Å². The molecular formula is C18H25ClFN2RfS-. The minimum Gasteiger partial charge on any atom is -0.398 e. The number of nitrogens with zero attached hydrogens (tertiary/aromatic N) is 1. The molecule has 1 aromatic carbocycles. The standard InChI is InChI=1S/C16H19ClFN2S.C2H6.Rf/c1-4-7-10(2)16(19)14(11(3)20-21)15(17)12-8-5-6-9-13(12)18;1-2;/h5,8-9,15,21H,2,4,7,19H2,1,3H3;1-2H3;/q-1;;/b16-14+,20-11+;;. The third-order valence-corrected chi connectivity index (χ3v) is 3.89. The van der Waals surface area contributed by atoms with E-state index in [1.165, 1.54) is 6.07 Å². The predicted molar refractivity (Wildman–Crippen MR) is 103 cm³/mol. The molecule has 0 saturated carbocycles. The molecule has 0 saturated heterocycles. The predicted octanol–water partition coefficient (Wildman–Crippen LogP) is 5.81. The number of hydrogen-bond donors (Lipinski definition) is 2. The summed E-state index contributed by atoms with van der Waals surface area (Å²) in [6.07, 6.45) is 1.65. The van der Waals surface area contributed by atoms with Gasteiger partial charge in [-0.15, -0.1) is 23.2 Å². The van der Waals surface area contributed by atoms with E-state index in [9.17, 15) is 4.39 Å². The Hall–Kier alpha value is -2.26. The van der Waals surface area contributed by atoms with E-state index in [2.05, 4.69) is 29.9 Å². The zero-order chi connectivity index (χ0) is 18.0. The molecule has 0 aliphatic carbocycles. The van der Waals surface area contributed by atoms with Crippen LogP contribution in [-0.4, -0.2) is 5.71 Å². The van der Waals surface area contributed by atoms with Gasteiger partial charge in [0.15, 0.2) is 0 Å². The van der Waals surface area contributed by atoms with E-state index in [4.69, 9.17) is 17.3 Å². The molecule has 0 aliphatic rings. The summed E-state index contributed by atoms with van der Waals surface area (Å²) in [6, 6.07) is 7.09. The first-order valence-electron chi connectivity index (χ1n) is 7.60. The molecule has 0 radical (unpaired) electrons. The maximum Gasteiger partial charge on any atom is 0.0680 e. The van der Waals surface area contributed by atoms with Crippen LogP contribution < -0.4 is 5.73 Å². The summed E-state index contributed by atoms with van der Waals surface area (Å²) in [4.78, 5) is 0. The van der Waals surface area contributed by atoms with Crippen LogP contribution in [0.5, 0.6) is 0 Å². The maximum absolute atomic E-state index is 13.9. The number of alkyl halides is 1. The van der Waals surface area contributed by atoms with Crippen molar-refractivity contribution in [1.82, 2.24) is 0 Å². The minimum absolute atomic E-state index is 0. The second-order valence-corrected chi connectivity index (χ2v) is 5.31. The Bertz CT molecular complexity index is 588. The SMILES string of the molecule is C=C(CCC)/C(N)=C(/C(C)=N/S)C(Cl)c1cc[c-]cc1F.CC.[Rf]. The smallest absolute Gasteiger partial charge is 0.0680 e. The summed E-state index contributed by atoms with van der Waals surface area (Å²) >= 11 is 10.4. The third kappa shape index (κ3) is 6.09. The van der Waals surface area contributed by atoms with Crippen molar-refractivity contribution in [2.24, 2.45) is 10.1 Å². The van der Waals surface area contributed by atoms with E-state index >= 15 is 0 Å². The van der Waals surface area contributed by atoms with E-state index in [0.29, 0.717) is 22.5 Å². The molecule has 0 bridgehead atoms. The van der Waals surface area contributed by atoms with Gasteiger partial charge in [-0.05, 0) is 31.7 Å². The molecule has 1 unspecified atom stereocenters. The molecule has 1 atom stereocenters. The fourth-order valence-corrected chi connectivity index (χ4v) is 2.54. The van der Waals surface area contributed by atoms with Gasteiger partial charge in [0, 0.05) is 17.1 Å². The quantitative estimate of drug-likeness (QED) is 0.136. The summed E-state index contributed by atoms with van der Waals surface area (Å²) < 4.78 is 17.8. The molecule has 24 heavy (non-hydrogen) atoms. The zero-order valence-corrected chi connectivity index (χ0v) is 22.9. The van der Waals surface area contributed by atoms with E-state index in [0.717, 1.165) is 18.4 Å². The fraction of sp³-hybridized carbons (Fsp3) is 0.389. The van der Waals surface area contributed by atoms with Gasteiger partial charge in [0.25, 0.3) is 0 Å². The molecule has 1 rings (SSSR count). The van der Waals surface area contributed by atoms with Gasteiger partial charge in [0.1, 0.15) is 0 Å². The van der Waals surface area contributed by atoms with Gasteiger partial charge >= 0.3 is 0 Å². The first-order valence-corrected chi connectivity index (χ1v) is 8.44. The Morgan fingerprint density at radius 2 is 2.08 bits per heavy atom. The van der Waals surface area contributed by atoms with Crippen molar-refractivity contribution in [2.45, 2.75) is 45.9 Å². The first kappa shape index (κ1) is 24.0. The first-order chi connectivity index (χ1) is 10.9. The van der Waals surface area contributed by atoms with Crippen LogP contribution in [0.25, 0.3) is 0 Å². The topological polar surface area (TPSA) is 38.4 Å². The molecule has 0 aliphatic heterocycles. The summed E-state index contributed by atoms with van der Waals surface area (Å²) in [5.74, 6) is -0.434. The van der Waals surface area contributed by atoms with Crippen molar-refractivity contribution >= 4 is 30.1 Å². The van der Waals surface area contributed by atoms with Crippen molar-refractivity contribution in [3.63, 3.8) is 0 Å². The Balaban J connectivity index is 0. The van der Waals surface area contributed by atoms with Crippen molar-refractivity contribution < 1.29 is 4.39 Å². The van der Waals surface area contributed by atoms with Crippen molar-refractivity contribution in [1.29, 1.82) is 0 Å². The number of hydrogen-bond acceptors (Lipinski definition) is 3. The molecule has 2 nitrogen and oxygen atoms in total. The molecule has 0 amide bonds. The second kappa shape index (κ2) is 12.2. The largest absolute Gasteiger partial charge is 0.398 e. The van der Waals surface area contributed by atoms with Crippen LogP contribution in [0.2, 0.25) is 0 Å². The van der Waals surface area contributed by atoms with Crippen LogP contribution in [0.4, 0.5) is 4.39 Å². The van der Waals surface area contributed by atoms with Crippen LogP contribution in [0.3, 0.4) is 0 Å². The van der Waals surface area contributed by atoms with E-state index in [1.54, 1.807) is 19.1 Å². The monoisotopic (exact) mass is 622 g/mol. The van der Waals surface area contributed by atoms with Crippen LogP contribution in [0.15, 0.2) is 46.0 Å². The zero-order valence-electron chi connectivity index (χ0n) is 14.9. The minimum atomic E-state index is -0.760. The van der Waals surface area contributed by atoms with Crippen LogP contribution in [0, 0.1) is 11.9 Å². The normalized spacial score (nSPS) is 13.0. The van der Waals surface area contributed by atoms with Crippen molar-refractivity contribution in [2.75, 3.05) is 0 Å².